The number of allylic oxidation sites excluding steroid dienone is 2. The summed E-state index contributed by atoms with van der Waals surface area (Å²) in [5.41, 5.74) is 5.86. The number of hydrogen-bond donors (Lipinski definition) is 0. The number of esters is 4. The van der Waals surface area contributed by atoms with Crippen LogP contribution in [0.3, 0.4) is 0 Å². The molecule has 352 valence electrons. The van der Waals surface area contributed by atoms with Crippen molar-refractivity contribution in [2.75, 3.05) is 14.2 Å². The number of benzene rings is 6. The van der Waals surface area contributed by atoms with E-state index in [1.54, 1.807) is 19.3 Å². The van der Waals surface area contributed by atoms with Gasteiger partial charge in [0.25, 0.3) is 0 Å². The zero-order valence-electron chi connectivity index (χ0n) is 40.7. The molecule has 0 aliphatic rings. The molecule has 67 heavy (non-hydrogen) atoms. The number of methoxy groups -OCH3 is 2. The summed E-state index contributed by atoms with van der Waals surface area (Å²) in [6, 6.07) is 51.4. The van der Waals surface area contributed by atoms with E-state index in [1.807, 2.05) is 146 Å². The van der Waals surface area contributed by atoms with E-state index in [9.17, 15) is 19.2 Å². The molecule has 6 aromatic rings. The number of rotatable bonds is 12. The van der Waals surface area contributed by atoms with Gasteiger partial charge in [-0.3, -0.25) is 19.2 Å². The lowest BCUT2D eigenvalue weighted by Crippen LogP contribution is -2.20. The van der Waals surface area contributed by atoms with Gasteiger partial charge >= 0.3 is 23.9 Å². The maximum atomic E-state index is 11.4. The quantitative estimate of drug-likeness (QED) is 0.0672. The van der Waals surface area contributed by atoms with E-state index in [-0.39, 0.29) is 34.7 Å². The van der Waals surface area contributed by atoms with Gasteiger partial charge in [-0.25, -0.2) is 0 Å². The fraction of sp³-hybridized carbons (Fsp3) is 0.241. The molecule has 0 bridgehead atoms. The van der Waals surface area contributed by atoms with E-state index in [2.05, 4.69) is 57.7 Å². The van der Waals surface area contributed by atoms with Crippen LogP contribution in [0.5, 0.6) is 23.0 Å². The van der Waals surface area contributed by atoms with Gasteiger partial charge in [-0.2, -0.15) is 0 Å². The molecular weight excluding hydrogens is 841 g/mol. The van der Waals surface area contributed by atoms with Crippen molar-refractivity contribution in [2.24, 2.45) is 0 Å². The zero-order valence-corrected chi connectivity index (χ0v) is 40.7. The van der Waals surface area contributed by atoms with Crippen molar-refractivity contribution in [3.63, 3.8) is 0 Å². The molecule has 0 spiro atoms. The lowest BCUT2D eigenvalue weighted by Gasteiger charge is -2.28. The van der Waals surface area contributed by atoms with Gasteiger partial charge in [0, 0.05) is 38.5 Å². The Kier molecular flexibility index (Phi) is 24.2. The highest BCUT2D eigenvalue weighted by Gasteiger charge is 2.26. The molecule has 0 aliphatic carbocycles. The lowest BCUT2D eigenvalue weighted by molar-refractivity contribution is -0.138. The SMILES string of the molecule is C=CCc1cc(C(C)(C)c2ccc(OC(C)=O)c(CC=C)c2)ccc1OC(C)=O.COC(C)=O.COc1ccc(C(C)(C)c2ccc(OC(C)=O)cc2)cc1.c1ccccc1.c1ccccc1. The van der Waals surface area contributed by atoms with Crippen molar-refractivity contribution in [3.05, 3.63) is 216 Å². The summed E-state index contributed by atoms with van der Waals surface area (Å²) in [7, 11) is 3.01. The van der Waals surface area contributed by atoms with Crippen LogP contribution in [0.15, 0.2) is 183 Å². The van der Waals surface area contributed by atoms with Crippen molar-refractivity contribution in [1.82, 2.24) is 0 Å². The Labute approximate surface area is 398 Å². The van der Waals surface area contributed by atoms with Crippen molar-refractivity contribution >= 4 is 23.9 Å². The zero-order chi connectivity index (χ0) is 49.8. The highest BCUT2D eigenvalue weighted by molar-refractivity contribution is 5.71. The predicted octanol–water partition coefficient (Wildman–Crippen LogP) is 12.8. The fourth-order valence-electron chi connectivity index (χ4n) is 6.29. The van der Waals surface area contributed by atoms with Crippen molar-refractivity contribution in [1.29, 1.82) is 0 Å². The second-order valence-corrected chi connectivity index (χ2v) is 15.9. The van der Waals surface area contributed by atoms with Gasteiger partial charge < -0.3 is 23.7 Å². The second-order valence-electron chi connectivity index (χ2n) is 15.9. The molecule has 0 fully saturated rings. The normalized spacial score (nSPS) is 10.1. The van der Waals surface area contributed by atoms with Crippen LogP contribution in [-0.2, 0) is 47.6 Å². The maximum absolute atomic E-state index is 11.4. The van der Waals surface area contributed by atoms with Crippen LogP contribution in [0.2, 0.25) is 0 Å². The topological polar surface area (TPSA) is 114 Å². The van der Waals surface area contributed by atoms with Crippen LogP contribution in [0.4, 0.5) is 0 Å². The summed E-state index contributed by atoms with van der Waals surface area (Å²) in [4.78, 5) is 43.3. The first-order valence-electron chi connectivity index (χ1n) is 21.7. The minimum Gasteiger partial charge on any atom is -0.497 e. The minimum absolute atomic E-state index is 0.138. The van der Waals surface area contributed by atoms with E-state index in [0.717, 1.165) is 33.6 Å². The monoisotopic (exact) mass is 906 g/mol. The van der Waals surface area contributed by atoms with Crippen LogP contribution < -0.4 is 18.9 Å². The van der Waals surface area contributed by atoms with Gasteiger partial charge in [0.05, 0.1) is 14.2 Å². The molecule has 9 nitrogen and oxygen atoms in total. The largest absolute Gasteiger partial charge is 0.497 e. The summed E-state index contributed by atoms with van der Waals surface area (Å²) >= 11 is 0. The number of carbonyl (C=O) groups excluding carboxylic acids is 4. The molecule has 0 aliphatic heterocycles. The highest BCUT2D eigenvalue weighted by atomic mass is 16.5. The van der Waals surface area contributed by atoms with E-state index in [1.165, 1.54) is 40.4 Å². The Morgan fingerprint density at radius 3 is 0.985 bits per heavy atom. The molecule has 0 N–H and O–H groups in total. The summed E-state index contributed by atoms with van der Waals surface area (Å²) in [6.45, 7) is 21.7. The smallest absolute Gasteiger partial charge is 0.308 e. The maximum Gasteiger partial charge on any atom is 0.308 e. The second kappa shape index (κ2) is 29.1. The predicted molar refractivity (Wildman–Crippen MR) is 269 cm³/mol. The summed E-state index contributed by atoms with van der Waals surface area (Å²) in [6.07, 6.45) is 4.77. The Morgan fingerprint density at radius 2 is 0.716 bits per heavy atom. The van der Waals surface area contributed by atoms with Gasteiger partial charge in [-0.1, -0.05) is 161 Å². The molecule has 0 unspecified atom stereocenters. The van der Waals surface area contributed by atoms with Gasteiger partial charge in [-0.05, 0) is 82.6 Å². The average molecular weight is 907 g/mol. The molecule has 6 aromatic carbocycles. The fourth-order valence-corrected chi connectivity index (χ4v) is 6.29. The van der Waals surface area contributed by atoms with E-state index in [4.69, 9.17) is 18.9 Å². The summed E-state index contributed by atoms with van der Waals surface area (Å²) < 4.78 is 25.0. The van der Waals surface area contributed by atoms with Gasteiger partial charge in [-0.15, -0.1) is 13.2 Å². The molecule has 0 saturated carbocycles. The van der Waals surface area contributed by atoms with Crippen LogP contribution in [-0.4, -0.2) is 38.1 Å². The molecule has 0 heterocycles. The molecule has 0 atom stereocenters. The van der Waals surface area contributed by atoms with Crippen LogP contribution >= 0.6 is 0 Å². The first kappa shape index (κ1) is 55.6. The molecule has 0 aromatic heterocycles. The van der Waals surface area contributed by atoms with Crippen molar-refractivity contribution < 1.29 is 42.9 Å². The van der Waals surface area contributed by atoms with Crippen molar-refractivity contribution in [3.8, 4) is 23.0 Å². The first-order valence-corrected chi connectivity index (χ1v) is 21.7. The molecule has 0 saturated heterocycles. The Balaban J connectivity index is 0.000000347. The standard InChI is InChI=1S/C25H28O4.C18H20O3.2C6H6.C3H6O2/c1-7-9-19-15-21(11-13-23(19)28-17(3)26)25(5,6)22-12-14-24(29-18(4)27)20(16-22)10-8-2;1-13(19)21-17-11-7-15(8-12-17)18(2,3)14-5-9-16(20-4)10-6-14;2*1-2-4-6-5-3-1;1-3(4)5-2/h7-8,11-16H,1-2,9-10H2,3-6H3;5-12H,1-4H3;2*1-6H;1-2H3. The number of ether oxygens (including phenoxy) is 5. The summed E-state index contributed by atoms with van der Waals surface area (Å²) in [5.74, 6) is 1.26. The first-order chi connectivity index (χ1) is 31.9. The molecule has 0 amide bonds. The third kappa shape index (κ3) is 20.0. The molecule has 6 rings (SSSR count). The average Bonchev–Trinajstić information content (AvgIpc) is 3.32. The molecular formula is C58H66O9. The number of carbonyl (C=O) groups is 4. The summed E-state index contributed by atoms with van der Waals surface area (Å²) in [5, 5.41) is 0. The molecule has 0 radical (unpaired) electrons. The van der Waals surface area contributed by atoms with Gasteiger partial charge in [0.1, 0.15) is 23.0 Å². The van der Waals surface area contributed by atoms with E-state index in [0.29, 0.717) is 30.1 Å². The molecule has 9 heteroatoms. The third-order valence-electron chi connectivity index (χ3n) is 10.1. The van der Waals surface area contributed by atoms with Crippen LogP contribution in [0.1, 0.15) is 88.8 Å². The number of hydrogen-bond acceptors (Lipinski definition) is 9. The van der Waals surface area contributed by atoms with E-state index >= 15 is 0 Å². The minimum atomic E-state index is -0.350. The Morgan fingerprint density at radius 1 is 0.433 bits per heavy atom. The van der Waals surface area contributed by atoms with Crippen LogP contribution in [0.25, 0.3) is 0 Å². The third-order valence-corrected chi connectivity index (χ3v) is 10.1. The highest BCUT2D eigenvalue weighted by Crippen LogP contribution is 2.37. The van der Waals surface area contributed by atoms with Gasteiger partial charge in [0.2, 0.25) is 0 Å². The van der Waals surface area contributed by atoms with Crippen molar-refractivity contribution in [2.45, 2.75) is 79.1 Å². The lowest BCUT2D eigenvalue weighted by atomic mass is 9.77. The van der Waals surface area contributed by atoms with E-state index < -0.39 is 0 Å². The Bertz CT molecular complexity index is 2280. The van der Waals surface area contributed by atoms with Gasteiger partial charge in [0.15, 0.2) is 0 Å². The van der Waals surface area contributed by atoms with Crippen LogP contribution in [0, 0.1) is 0 Å². The Hall–Kier alpha value is -7.52.